The van der Waals surface area contributed by atoms with E-state index >= 15 is 0 Å². The van der Waals surface area contributed by atoms with Gasteiger partial charge in [0, 0.05) is 0 Å². The van der Waals surface area contributed by atoms with Crippen LogP contribution in [0.4, 0.5) is 0 Å². The van der Waals surface area contributed by atoms with Crippen LogP contribution in [0.2, 0.25) is 25.7 Å². The molecular formula is C30H43NO2SeSi. The summed E-state index contributed by atoms with van der Waals surface area (Å²) in [6.07, 6.45) is 14.5. The number of fused-ring (bicyclic) bond motifs is 2. The zero-order valence-corrected chi connectivity index (χ0v) is 25.0. The molecule has 190 valence electrons. The van der Waals surface area contributed by atoms with E-state index in [1.807, 2.05) is 18.2 Å². The van der Waals surface area contributed by atoms with Gasteiger partial charge in [0.1, 0.15) is 0 Å². The van der Waals surface area contributed by atoms with Crippen LogP contribution in [-0.2, 0) is 17.9 Å². The Kier molecular flexibility index (Phi) is 10.8. The molecule has 0 saturated carbocycles. The number of aromatic nitrogens is 1. The summed E-state index contributed by atoms with van der Waals surface area (Å²) in [6, 6.07) is 13.7. The predicted octanol–water partition coefficient (Wildman–Crippen LogP) is 6.94. The van der Waals surface area contributed by atoms with Gasteiger partial charge in [0.05, 0.1) is 0 Å². The summed E-state index contributed by atoms with van der Waals surface area (Å²) >= 11 is -0.263. The van der Waals surface area contributed by atoms with Crippen LogP contribution >= 0.6 is 0 Å². The molecule has 0 saturated heterocycles. The molecule has 0 N–H and O–H groups in total. The molecule has 0 aliphatic heterocycles. The van der Waals surface area contributed by atoms with Crippen LogP contribution in [0.25, 0.3) is 0 Å². The van der Waals surface area contributed by atoms with Crippen LogP contribution in [0.1, 0.15) is 67.2 Å². The van der Waals surface area contributed by atoms with Crippen LogP contribution in [0, 0.1) is 5.92 Å². The quantitative estimate of drug-likeness (QED) is 0.190. The van der Waals surface area contributed by atoms with E-state index < -0.39 is 8.07 Å². The molecule has 0 amide bonds. The number of hydrogen-bond donors (Lipinski definition) is 0. The van der Waals surface area contributed by atoms with E-state index in [0.717, 1.165) is 48.5 Å². The summed E-state index contributed by atoms with van der Waals surface area (Å²) in [7, 11) is -1.17. The molecule has 1 atom stereocenters. The maximum absolute atomic E-state index is 13.9. The van der Waals surface area contributed by atoms with Crippen molar-refractivity contribution in [3.8, 4) is 0 Å². The van der Waals surface area contributed by atoms with Gasteiger partial charge < -0.3 is 0 Å². The molecule has 1 aromatic heterocycles. The second-order valence-electron chi connectivity index (χ2n) is 11.1. The normalized spacial score (nSPS) is 19.0. The summed E-state index contributed by atoms with van der Waals surface area (Å²) in [5.41, 5.74) is 3.32. The number of rotatable bonds is 9. The zero-order chi connectivity index (χ0) is 25.3. The van der Waals surface area contributed by atoms with Gasteiger partial charge in [0.15, 0.2) is 0 Å². The first-order valence-electron chi connectivity index (χ1n) is 13.1. The van der Waals surface area contributed by atoms with E-state index in [2.05, 4.69) is 80.6 Å². The molecular weight excluding hydrogens is 513 g/mol. The fourth-order valence-corrected chi connectivity index (χ4v) is 6.91. The van der Waals surface area contributed by atoms with Crippen molar-refractivity contribution in [3.63, 3.8) is 0 Å². The molecule has 3 nitrogen and oxygen atoms in total. The minimum atomic E-state index is -1.17. The SMILES string of the molecule is CC(C)[C@H]1/C=C\C/C=C/CCCCc2cc1c(C(=O)[Se]c1ccccc1)n2COCC[Si](C)(C)C. The van der Waals surface area contributed by atoms with Crippen LogP contribution in [-0.4, -0.2) is 38.9 Å². The number of ether oxygens (including phenoxy) is 1. The summed E-state index contributed by atoms with van der Waals surface area (Å²) in [6.45, 7) is 12.9. The molecule has 35 heavy (non-hydrogen) atoms. The van der Waals surface area contributed by atoms with Crippen molar-refractivity contribution in [2.75, 3.05) is 6.61 Å². The summed E-state index contributed by atoms with van der Waals surface area (Å²) in [4.78, 5) is 13.9. The van der Waals surface area contributed by atoms with Crippen molar-refractivity contribution in [3.05, 3.63) is 77.7 Å². The van der Waals surface area contributed by atoms with E-state index in [-0.39, 0.29) is 25.6 Å². The van der Waals surface area contributed by atoms with Crippen LogP contribution in [0.5, 0.6) is 0 Å². The zero-order valence-electron chi connectivity index (χ0n) is 22.3. The van der Waals surface area contributed by atoms with E-state index in [1.165, 1.54) is 17.7 Å². The molecule has 1 aliphatic rings. The van der Waals surface area contributed by atoms with Gasteiger partial charge in [-0.15, -0.1) is 0 Å². The third-order valence-electron chi connectivity index (χ3n) is 6.49. The first-order chi connectivity index (χ1) is 16.8. The first kappa shape index (κ1) is 27.9. The molecule has 1 heterocycles. The third-order valence-corrected chi connectivity index (χ3v) is 10.1. The van der Waals surface area contributed by atoms with Crippen LogP contribution in [0.3, 0.4) is 0 Å². The summed E-state index contributed by atoms with van der Waals surface area (Å²) < 4.78 is 9.87. The van der Waals surface area contributed by atoms with Gasteiger partial charge in [0.25, 0.3) is 0 Å². The Bertz CT molecular complexity index is 1000. The number of carbonyl (C=O) groups excluding carboxylic acids is 1. The van der Waals surface area contributed by atoms with Gasteiger partial charge in [-0.25, -0.2) is 0 Å². The number of nitrogens with zero attached hydrogens (tertiary/aromatic N) is 1. The van der Waals surface area contributed by atoms with Crippen molar-refractivity contribution in [1.82, 2.24) is 4.57 Å². The maximum atomic E-state index is 13.9. The fourth-order valence-electron chi connectivity index (χ4n) is 4.41. The Labute approximate surface area is 220 Å². The van der Waals surface area contributed by atoms with Crippen LogP contribution < -0.4 is 4.46 Å². The Hall–Kier alpha value is -1.65. The van der Waals surface area contributed by atoms with Crippen molar-refractivity contribution < 1.29 is 9.53 Å². The monoisotopic (exact) mass is 557 g/mol. The van der Waals surface area contributed by atoms with Gasteiger partial charge in [-0.1, -0.05) is 0 Å². The molecule has 2 bridgehead atoms. The van der Waals surface area contributed by atoms with Crippen molar-refractivity contribution in [2.24, 2.45) is 5.92 Å². The molecule has 1 aliphatic carbocycles. The van der Waals surface area contributed by atoms with Crippen molar-refractivity contribution in [2.45, 2.75) is 84.3 Å². The fraction of sp³-hybridized carbons (Fsp3) is 0.500. The van der Waals surface area contributed by atoms with E-state index in [1.54, 1.807) is 0 Å². The molecule has 5 heteroatoms. The van der Waals surface area contributed by atoms with Gasteiger partial charge in [-0.05, 0) is 0 Å². The van der Waals surface area contributed by atoms with E-state index in [0.29, 0.717) is 12.6 Å². The summed E-state index contributed by atoms with van der Waals surface area (Å²) in [5, 5.41) is 0. The Morgan fingerprint density at radius 2 is 1.89 bits per heavy atom. The number of hydrogen-bond acceptors (Lipinski definition) is 2. The second-order valence-corrected chi connectivity index (χ2v) is 18.9. The van der Waals surface area contributed by atoms with Gasteiger partial charge in [0.2, 0.25) is 0 Å². The average Bonchev–Trinajstić information content (AvgIpc) is 3.16. The van der Waals surface area contributed by atoms with Gasteiger partial charge in [-0.3, -0.25) is 0 Å². The molecule has 0 radical (unpaired) electrons. The van der Waals surface area contributed by atoms with Gasteiger partial charge >= 0.3 is 221 Å². The van der Waals surface area contributed by atoms with E-state index in [9.17, 15) is 4.79 Å². The number of benzene rings is 1. The summed E-state index contributed by atoms with van der Waals surface area (Å²) in [5.74, 6) is 0.629. The van der Waals surface area contributed by atoms with E-state index in [4.69, 9.17) is 4.74 Å². The minimum absolute atomic E-state index is 0.219. The molecule has 2 aromatic rings. The first-order valence-corrected chi connectivity index (χ1v) is 18.6. The number of allylic oxidation sites excluding steroid dienone is 4. The van der Waals surface area contributed by atoms with Gasteiger partial charge in [-0.2, -0.15) is 0 Å². The van der Waals surface area contributed by atoms with Crippen LogP contribution in [0.15, 0.2) is 60.7 Å². The topological polar surface area (TPSA) is 31.2 Å². The number of carbonyl (C=O) groups is 1. The third kappa shape index (κ3) is 8.75. The second kappa shape index (κ2) is 13.6. The molecule has 0 fully saturated rings. The number of aryl methyl sites for hydroxylation is 1. The average molecular weight is 557 g/mol. The van der Waals surface area contributed by atoms with Crippen molar-refractivity contribution >= 4 is 32.2 Å². The Balaban J connectivity index is 2.02. The molecule has 0 unspecified atom stereocenters. The molecule has 0 spiro atoms. The Morgan fingerprint density at radius 3 is 2.60 bits per heavy atom. The molecule has 3 rings (SSSR count). The molecule has 1 aromatic carbocycles. The van der Waals surface area contributed by atoms with Crippen molar-refractivity contribution in [1.29, 1.82) is 0 Å². The Morgan fingerprint density at radius 1 is 1.11 bits per heavy atom. The predicted molar refractivity (Wildman–Crippen MR) is 153 cm³/mol. The standard InChI is InChI=1S/C30H43NO2SeSi/c1-24(2)27-19-15-10-8-6-7-9-12-16-25-22-28(27)29(30(32)34-26-17-13-11-14-18-26)31(25)23-33-20-21-35(3,4)5/h6,8,11,13-15,17-19,22,24,27H,7,9-10,12,16,20-21,23H2,1-5H3/b8-6+,19-15-/t27-/m1/s1.